The van der Waals surface area contributed by atoms with Crippen LogP contribution in [0.1, 0.15) is 5.56 Å². The van der Waals surface area contributed by atoms with Crippen LogP contribution in [-0.2, 0) is 21.1 Å². The molecule has 0 fully saturated rings. The number of pyridine rings is 1. The van der Waals surface area contributed by atoms with Gasteiger partial charge in [-0.1, -0.05) is 53.1 Å². The Morgan fingerprint density at radius 2 is 1.26 bits per heavy atom. The van der Waals surface area contributed by atoms with Crippen LogP contribution in [0.15, 0.2) is 110 Å². The van der Waals surface area contributed by atoms with Crippen molar-refractivity contribution >= 4 is 43.6 Å². The number of nitrogens with zero attached hydrogens (tertiary/aromatic N) is 5. The molecular formula is C33H21N5Pt. The van der Waals surface area contributed by atoms with Gasteiger partial charge >= 0.3 is 21.1 Å². The zero-order valence-electron chi connectivity index (χ0n) is 20.9. The average molecular weight is 683 g/mol. The van der Waals surface area contributed by atoms with Crippen LogP contribution in [0.2, 0.25) is 0 Å². The topological polar surface area (TPSA) is 40.6 Å². The second-order valence-electron chi connectivity index (χ2n) is 9.56. The summed E-state index contributed by atoms with van der Waals surface area (Å²) < 4.78 is 6.31. The van der Waals surface area contributed by atoms with Crippen LogP contribution in [-0.4, -0.2) is 23.9 Å². The summed E-state index contributed by atoms with van der Waals surface area (Å²) in [5.74, 6) is 0.888. The number of para-hydroxylation sites is 2. The third kappa shape index (κ3) is 3.58. The molecule has 4 heterocycles. The van der Waals surface area contributed by atoms with Gasteiger partial charge in [-0.25, -0.2) is 4.98 Å². The Morgan fingerprint density at radius 3 is 1.95 bits per heavy atom. The first-order valence-electron chi connectivity index (χ1n) is 12.6. The van der Waals surface area contributed by atoms with Crippen molar-refractivity contribution in [1.29, 1.82) is 0 Å². The second-order valence-corrected chi connectivity index (χ2v) is 9.56. The van der Waals surface area contributed by atoms with E-state index >= 15 is 0 Å². The van der Waals surface area contributed by atoms with Crippen molar-refractivity contribution in [2.45, 2.75) is 6.92 Å². The molecule has 0 N–H and O–H groups in total. The Balaban J connectivity index is 0.00000253. The van der Waals surface area contributed by atoms with Gasteiger partial charge in [-0.3, -0.25) is 4.68 Å². The molecule has 8 rings (SSSR count). The Labute approximate surface area is 239 Å². The summed E-state index contributed by atoms with van der Waals surface area (Å²) >= 11 is 0. The number of hydrogen-bond donors (Lipinski definition) is 0. The number of hydrogen-bond acceptors (Lipinski definition) is 2. The predicted molar refractivity (Wildman–Crippen MR) is 152 cm³/mol. The monoisotopic (exact) mass is 682 g/mol. The van der Waals surface area contributed by atoms with Crippen molar-refractivity contribution < 1.29 is 21.1 Å². The van der Waals surface area contributed by atoms with Crippen LogP contribution in [0.3, 0.4) is 0 Å². The van der Waals surface area contributed by atoms with Crippen molar-refractivity contribution in [3.8, 4) is 17.2 Å². The third-order valence-electron chi connectivity index (χ3n) is 7.26. The van der Waals surface area contributed by atoms with Crippen LogP contribution in [0.25, 0.3) is 60.8 Å². The van der Waals surface area contributed by atoms with Gasteiger partial charge in [0.1, 0.15) is 5.82 Å². The molecular weight excluding hydrogens is 661 g/mol. The smallest absolute Gasteiger partial charge is 0.358 e. The fourth-order valence-electron chi connectivity index (χ4n) is 5.57. The summed E-state index contributed by atoms with van der Waals surface area (Å²) in [6, 6.07) is 39.1. The molecule has 0 aliphatic rings. The van der Waals surface area contributed by atoms with Crippen LogP contribution >= 0.6 is 0 Å². The fraction of sp³-hybridized carbons (Fsp3) is 0.0303. The Hall–Kier alpha value is -4.47. The maximum atomic E-state index is 4.73. The normalized spacial score (nSPS) is 11.5. The van der Waals surface area contributed by atoms with E-state index in [0.29, 0.717) is 0 Å². The third-order valence-corrected chi connectivity index (χ3v) is 7.26. The minimum Gasteiger partial charge on any atom is -0.358 e. The SMILES string of the molecule is Cc1ccnc(-n2c3[c-]c(-n4c5[c-]c(-n6cccn6)ccc5c5ccccc54)ccc3c3ccccc32)c1.[Pt+2]. The zero-order chi connectivity index (χ0) is 25.2. The van der Waals surface area contributed by atoms with Gasteiger partial charge in [0.25, 0.3) is 0 Å². The van der Waals surface area contributed by atoms with Crippen molar-refractivity contribution in [1.82, 2.24) is 23.9 Å². The maximum absolute atomic E-state index is 4.73. The molecule has 0 saturated carbocycles. The van der Waals surface area contributed by atoms with Gasteiger partial charge in [0.15, 0.2) is 0 Å². The van der Waals surface area contributed by atoms with Crippen LogP contribution in [0, 0.1) is 19.1 Å². The van der Waals surface area contributed by atoms with Crippen molar-refractivity contribution in [2.24, 2.45) is 0 Å². The first-order valence-corrected chi connectivity index (χ1v) is 12.6. The van der Waals surface area contributed by atoms with E-state index < -0.39 is 0 Å². The number of rotatable bonds is 3. The first kappa shape index (κ1) is 23.6. The largest absolute Gasteiger partial charge is 2.00 e. The standard InChI is InChI=1S/C33H21N5.Pt/c1-22-15-17-34-33(19-22)38-30-10-5-3-8-26(30)28-14-12-24(21-32(28)38)37-29-9-4-2-7-25(29)27-13-11-23(20-31(27)37)36-18-6-16-35-36;/h2-19H,1H3;/q-2;+2. The Kier molecular flexibility index (Phi) is 5.50. The summed E-state index contributed by atoms with van der Waals surface area (Å²) in [5, 5.41) is 9.08. The van der Waals surface area contributed by atoms with Gasteiger partial charge in [-0.05, 0) is 59.3 Å². The van der Waals surface area contributed by atoms with Crippen LogP contribution < -0.4 is 0 Å². The van der Waals surface area contributed by atoms with E-state index in [9.17, 15) is 0 Å². The summed E-state index contributed by atoms with van der Waals surface area (Å²) in [7, 11) is 0. The van der Waals surface area contributed by atoms with Gasteiger partial charge in [-0.15, -0.1) is 35.0 Å². The van der Waals surface area contributed by atoms with Gasteiger partial charge in [0, 0.05) is 29.6 Å². The van der Waals surface area contributed by atoms with E-state index in [0.717, 1.165) is 50.0 Å². The summed E-state index contributed by atoms with van der Waals surface area (Å²) in [4.78, 5) is 4.73. The van der Waals surface area contributed by atoms with E-state index in [1.807, 2.05) is 29.2 Å². The quantitative estimate of drug-likeness (QED) is 0.183. The summed E-state index contributed by atoms with van der Waals surface area (Å²) in [6.07, 6.45) is 5.59. The molecule has 4 aromatic heterocycles. The molecule has 5 nitrogen and oxygen atoms in total. The number of fused-ring (bicyclic) bond motifs is 6. The molecule has 0 spiro atoms. The molecule has 39 heavy (non-hydrogen) atoms. The Morgan fingerprint density at radius 1 is 0.615 bits per heavy atom. The van der Waals surface area contributed by atoms with E-state index in [1.54, 1.807) is 6.20 Å². The van der Waals surface area contributed by atoms with Crippen molar-refractivity contribution in [3.63, 3.8) is 0 Å². The summed E-state index contributed by atoms with van der Waals surface area (Å²) in [5.41, 5.74) is 7.23. The van der Waals surface area contributed by atoms with Gasteiger partial charge in [0.05, 0.1) is 0 Å². The summed E-state index contributed by atoms with van der Waals surface area (Å²) in [6.45, 7) is 2.10. The van der Waals surface area contributed by atoms with Crippen molar-refractivity contribution in [3.05, 3.63) is 127 Å². The van der Waals surface area contributed by atoms with E-state index in [2.05, 4.69) is 112 Å². The minimum atomic E-state index is 0. The number of benzene rings is 4. The Bertz CT molecular complexity index is 2150. The molecule has 0 aliphatic carbocycles. The van der Waals surface area contributed by atoms with E-state index in [4.69, 9.17) is 4.98 Å². The van der Waals surface area contributed by atoms with Crippen LogP contribution in [0.4, 0.5) is 0 Å². The van der Waals surface area contributed by atoms with Gasteiger partial charge < -0.3 is 9.13 Å². The molecule has 0 bridgehead atoms. The maximum Gasteiger partial charge on any atom is 2.00 e. The molecule has 0 saturated heterocycles. The number of aromatic nitrogens is 5. The fourth-order valence-corrected chi connectivity index (χ4v) is 5.57. The van der Waals surface area contributed by atoms with E-state index in [-0.39, 0.29) is 21.1 Å². The molecule has 8 aromatic rings. The van der Waals surface area contributed by atoms with E-state index in [1.165, 1.54) is 16.3 Å². The number of aryl methyl sites for hydroxylation is 1. The molecule has 0 atom stereocenters. The molecule has 4 aromatic carbocycles. The average Bonchev–Trinajstić information content (AvgIpc) is 3.67. The molecule has 0 amide bonds. The molecule has 188 valence electrons. The molecule has 0 radical (unpaired) electrons. The molecule has 0 unspecified atom stereocenters. The molecule has 6 heteroatoms. The minimum absolute atomic E-state index is 0. The van der Waals surface area contributed by atoms with Gasteiger partial charge in [0.2, 0.25) is 0 Å². The molecule has 0 aliphatic heterocycles. The van der Waals surface area contributed by atoms with Crippen LogP contribution in [0.5, 0.6) is 0 Å². The zero-order valence-corrected chi connectivity index (χ0v) is 23.2. The van der Waals surface area contributed by atoms with Crippen molar-refractivity contribution in [2.75, 3.05) is 0 Å². The second kappa shape index (κ2) is 9.07. The van der Waals surface area contributed by atoms with Gasteiger partial charge in [-0.2, -0.15) is 17.2 Å². The first-order chi connectivity index (χ1) is 18.8. The predicted octanol–water partition coefficient (Wildman–Crippen LogP) is 7.37.